The van der Waals surface area contributed by atoms with Crippen LogP contribution in [0.3, 0.4) is 0 Å². The van der Waals surface area contributed by atoms with Crippen LogP contribution in [0.1, 0.15) is 33.3 Å². The first-order chi connectivity index (χ1) is 13.6. The Kier molecular flexibility index (Phi) is 10.2. The van der Waals surface area contributed by atoms with Gasteiger partial charge in [0.25, 0.3) is 0 Å². The number of carbonyl (C=O) groups excluding carboxylic acids is 4. The van der Waals surface area contributed by atoms with Crippen molar-refractivity contribution in [2.75, 3.05) is 5.88 Å². The van der Waals surface area contributed by atoms with E-state index >= 15 is 0 Å². The summed E-state index contributed by atoms with van der Waals surface area (Å²) in [7, 11) is 0. The molecule has 0 heterocycles. The molecule has 160 valence electrons. The molecule has 0 saturated carbocycles. The number of halogens is 1. The van der Waals surface area contributed by atoms with E-state index in [1.165, 1.54) is 13.8 Å². The summed E-state index contributed by atoms with van der Waals surface area (Å²) < 4.78 is 5.14. The van der Waals surface area contributed by atoms with Gasteiger partial charge in [-0.15, -0.1) is 11.6 Å². The summed E-state index contributed by atoms with van der Waals surface area (Å²) in [6.07, 6.45) is -0.735. The lowest BCUT2D eigenvalue weighted by atomic mass is 10.0. The molecule has 1 aromatic rings. The van der Waals surface area contributed by atoms with Crippen molar-refractivity contribution < 1.29 is 23.9 Å². The number of alkyl carbamates (subject to hydrolysis) is 1. The number of hydrogen-bond donors (Lipinski definition) is 3. The van der Waals surface area contributed by atoms with E-state index in [0.29, 0.717) is 0 Å². The Morgan fingerprint density at radius 2 is 1.48 bits per heavy atom. The lowest BCUT2D eigenvalue weighted by Crippen LogP contribution is -2.55. The van der Waals surface area contributed by atoms with Crippen LogP contribution in [0.25, 0.3) is 0 Å². The van der Waals surface area contributed by atoms with Gasteiger partial charge in [-0.1, -0.05) is 44.2 Å². The number of Topliss-reactive ketones (excluding diaryl/α,β-unsaturated/α-hetero) is 1. The van der Waals surface area contributed by atoms with Crippen molar-refractivity contribution in [3.05, 3.63) is 35.9 Å². The highest BCUT2D eigenvalue weighted by Gasteiger charge is 2.28. The molecule has 0 aliphatic heterocycles. The number of hydrogen-bond acceptors (Lipinski definition) is 5. The summed E-state index contributed by atoms with van der Waals surface area (Å²) in [5.74, 6) is -1.85. The second-order valence-corrected chi connectivity index (χ2v) is 7.26. The molecule has 0 aromatic heterocycles. The van der Waals surface area contributed by atoms with Crippen molar-refractivity contribution >= 4 is 35.3 Å². The molecule has 3 amide bonds. The lowest BCUT2D eigenvalue weighted by molar-refractivity contribution is -0.131. The molecular formula is C20H28ClN3O5. The SMILES string of the molecule is CC(C)[C@H](NC(=O)OCc1ccccc1)C(=O)N[C@@H](C)C(=O)N[C@@H](C)C(=O)CCl. The van der Waals surface area contributed by atoms with Gasteiger partial charge in [0.2, 0.25) is 11.8 Å². The first-order valence-electron chi connectivity index (χ1n) is 9.32. The van der Waals surface area contributed by atoms with Crippen molar-refractivity contribution in [3.63, 3.8) is 0 Å². The molecule has 3 N–H and O–H groups in total. The summed E-state index contributed by atoms with van der Waals surface area (Å²) >= 11 is 5.46. The molecule has 1 aromatic carbocycles. The number of ether oxygens (including phenoxy) is 1. The molecule has 8 nitrogen and oxygen atoms in total. The van der Waals surface area contributed by atoms with Gasteiger partial charge in [0, 0.05) is 0 Å². The zero-order chi connectivity index (χ0) is 22.0. The first kappa shape index (κ1) is 24.4. The average molecular weight is 426 g/mol. The molecule has 0 aliphatic rings. The van der Waals surface area contributed by atoms with E-state index in [2.05, 4.69) is 16.0 Å². The van der Waals surface area contributed by atoms with Crippen LogP contribution in [-0.2, 0) is 25.7 Å². The standard InChI is InChI=1S/C20H28ClN3O5/c1-12(2)17(24-20(28)29-11-15-8-6-5-7-9-15)19(27)23-14(4)18(26)22-13(3)16(25)10-21/h5-9,12-14,17H,10-11H2,1-4H3,(H,22,26)(H,23,27)(H,24,28)/t13-,14-,17-/m0/s1. The highest BCUT2D eigenvalue weighted by atomic mass is 35.5. The number of ketones is 1. The second kappa shape index (κ2) is 12.1. The van der Waals surface area contributed by atoms with Gasteiger partial charge in [-0.05, 0) is 25.3 Å². The largest absolute Gasteiger partial charge is 0.445 e. The summed E-state index contributed by atoms with van der Waals surface area (Å²) in [5.41, 5.74) is 0.819. The lowest BCUT2D eigenvalue weighted by Gasteiger charge is -2.24. The fourth-order valence-corrected chi connectivity index (χ4v) is 2.56. The maximum Gasteiger partial charge on any atom is 0.408 e. The minimum Gasteiger partial charge on any atom is -0.445 e. The molecule has 3 atom stereocenters. The Labute approximate surface area is 175 Å². The van der Waals surface area contributed by atoms with Gasteiger partial charge in [-0.2, -0.15) is 0 Å². The van der Waals surface area contributed by atoms with Crippen LogP contribution in [0.2, 0.25) is 0 Å². The number of rotatable bonds is 10. The Morgan fingerprint density at radius 1 is 0.897 bits per heavy atom. The maximum atomic E-state index is 12.5. The molecule has 0 spiro atoms. The normalized spacial score (nSPS) is 13.7. The minimum atomic E-state index is -0.906. The van der Waals surface area contributed by atoms with Crippen LogP contribution in [0.5, 0.6) is 0 Å². The second-order valence-electron chi connectivity index (χ2n) is 6.99. The van der Waals surface area contributed by atoms with Crippen LogP contribution in [0.15, 0.2) is 30.3 Å². The quantitative estimate of drug-likeness (QED) is 0.494. The van der Waals surface area contributed by atoms with Gasteiger partial charge in [0.1, 0.15) is 18.7 Å². The van der Waals surface area contributed by atoms with Crippen molar-refractivity contribution in [3.8, 4) is 0 Å². The number of amides is 3. The number of alkyl halides is 1. The molecule has 0 unspecified atom stereocenters. The Balaban J connectivity index is 2.59. The summed E-state index contributed by atoms with van der Waals surface area (Å²) in [6.45, 7) is 6.58. The van der Waals surface area contributed by atoms with E-state index in [1.54, 1.807) is 13.8 Å². The molecule has 0 fully saturated rings. The summed E-state index contributed by atoms with van der Waals surface area (Å²) in [5, 5.41) is 7.54. The highest BCUT2D eigenvalue weighted by molar-refractivity contribution is 6.28. The monoisotopic (exact) mass is 425 g/mol. The van der Waals surface area contributed by atoms with Gasteiger partial charge >= 0.3 is 6.09 Å². The maximum absolute atomic E-state index is 12.5. The van der Waals surface area contributed by atoms with Crippen LogP contribution < -0.4 is 16.0 Å². The zero-order valence-corrected chi connectivity index (χ0v) is 17.8. The molecule has 1 rings (SSSR count). The summed E-state index contributed by atoms with van der Waals surface area (Å²) in [4.78, 5) is 48.2. The summed E-state index contributed by atoms with van der Waals surface area (Å²) in [6, 6.07) is 6.58. The fourth-order valence-electron chi connectivity index (χ4n) is 2.33. The number of carbonyl (C=O) groups is 4. The first-order valence-corrected chi connectivity index (χ1v) is 9.85. The Bertz CT molecular complexity index is 711. The van der Waals surface area contributed by atoms with Crippen LogP contribution in [-0.4, -0.2) is 47.7 Å². The van der Waals surface area contributed by atoms with E-state index in [0.717, 1.165) is 5.56 Å². The van der Waals surface area contributed by atoms with E-state index in [-0.39, 0.29) is 24.2 Å². The third-order valence-electron chi connectivity index (χ3n) is 4.16. The van der Waals surface area contributed by atoms with Crippen molar-refractivity contribution in [2.24, 2.45) is 5.92 Å². The van der Waals surface area contributed by atoms with E-state index in [1.807, 2.05) is 30.3 Å². The van der Waals surface area contributed by atoms with Gasteiger partial charge in [0.15, 0.2) is 5.78 Å². The Hall–Kier alpha value is -2.61. The number of nitrogens with one attached hydrogen (secondary N) is 3. The van der Waals surface area contributed by atoms with Crippen LogP contribution in [0, 0.1) is 5.92 Å². The molecule has 29 heavy (non-hydrogen) atoms. The molecule has 0 bridgehead atoms. The molecule has 9 heteroatoms. The van der Waals surface area contributed by atoms with Crippen LogP contribution in [0.4, 0.5) is 4.79 Å². The van der Waals surface area contributed by atoms with Crippen molar-refractivity contribution in [1.82, 2.24) is 16.0 Å². The van der Waals surface area contributed by atoms with Crippen molar-refractivity contribution in [1.29, 1.82) is 0 Å². The van der Waals surface area contributed by atoms with E-state index in [4.69, 9.17) is 16.3 Å². The van der Waals surface area contributed by atoms with Gasteiger partial charge < -0.3 is 20.7 Å². The van der Waals surface area contributed by atoms with E-state index in [9.17, 15) is 19.2 Å². The van der Waals surface area contributed by atoms with Gasteiger partial charge in [0.05, 0.1) is 11.9 Å². The molecule has 0 radical (unpaired) electrons. The average Bonchev–Trinajstić information content (AvgIpc) is 2.69. The third-order valence-corrected chi connectivity index (χ3v) is 4.42. The third kappa shape index (κ3) is 8.51. The zero-order valence-electron chi connectivity index (χ0n) is 17.0. The number of benzene rings is 1. The van der Waals surface area contributed by atoms with Gasteiger partial charge in [-0.25, -0.2) is 4.79 Å². The van der Waals surface area contributed by atoms with Gasteiger partial charge in [-0.3, -0.25) is 14.4 Å². The fraction of sp³-hybridized carbons (Fsp3) is 0.500. The topological polar surface area (TPSA) is 114 Å². The van der Waals surface area contributed by atoms with Crippen LogP contribution >= 0.6 is 11.6 Å². The van der Waals surface area contributed by atoms with Crippen molar-refractivity contribution in [2.45, 2.75) is 52.4 Å². The smallest absolute Gasteiger partial charge is 0.408 e. The minimum absolute atomic E-state index is 0.0738. The highest BCUT2D eigenvalue weighted by Crippen LogP contribution is 2.05. The van der Waals surface area contributed by atoms with E-state index < -0.39 is 36.0 Å². The predicted molar refractivity (Wildman–Crippen MR) is 109 cm³/mol. The molecular weight excluding hydrogens is 398 g/mol. The Morgan fingerprint density at radius 3 is 2.03 bits per heavy atom. The molecule has 0 saturated heterocycles. The predicted octanol–water partition coefficient (Wildman–Crippen LogP) is 1.75. The molecule has 0 aliphatic carbocycles.